The van der Waals surface area contributed by atoms with Crippen LogP contribution in [0, 0.1) is 5.92 Å². The van der Waals surface area contributed by atoms with Crippen molar-refractivity contribution in [1.29, 1.82) is 0 Å². The predicted octanol–water partition coefficient (Wildman–Crippen LogP) is 3.12. The van der Waals surface area contributed by atoms with Crippen LogP contribution in [0.4, 0.5) is 0 Å². The Balaban J connectivity index is 0.00000264. The first-order valence-corrected chi connectivity index (χ1v) is 8.39. The molecule has 0 spiro atoms. The molecule has 4 nitrogen and oxygen atoms in total. The van der Waals surface area contributed by atoms with E-state index in [4.69, 9.17) is 5.73 Å². The van der Waals surface area contributed by atoms with Crippen LogP contribution in [0.1, 0.15) is 44.2 Å². The number of nitrogens with one attached hydrogen (secondary N) is 1. The topological polar surface area (TPSA) is 58.4 Å². The second kappa shape index (κ2) is 11.7. The smallest absolute Gasteiger partial charge is 0.224 e. The predicted molar refractivity (Wildman–Crippen MR) is 105 cm³/mol. The van der Waals surface area contributed by atoms with Crippen LogP contribution >= 0.6 is 24.8 Å². The van der Waals surface area contributed by atoms with E-state index in [9.17, 15) is 4.79 Å². The van der Waals surface area contributed by atoms with Gasteiger partial charge in [0.15, 0.2) is 0 Å². The summed E-state index contributed by atoms with van der Waals surface area (Å²) >= 11 is 0. The Kier molecular flexibility index (Phi) is 11.3. The second-order valence-corrected chi connectivity index (χ2v) is 6.52. The van der Waals surface area contributed by atoms with Gasteiger partial charge in [0.2, 0.25) is 5.91 Å². The van der Waals surface area contributed by atoms with Gasteiger partial charge in [-0.05, 0) is 44.0 Å². The van der Waals surface area contributed by atoms with E-state index in [-0.39, 0.29) is 42.7 Å². The first kappa shape index (κ1) is 23.2. The first-order valence-electron chi connectivity index (χ1n) is 8.39. The fourth-order valence-electron chi connectivity index (χ4n) is 2.73. The van der Waals surface area contributed by atoms with Crippen molar-refractivity contribution in [2.24, 2.45) is 11.7 Å². The lowest BCUT2D eigenvalue weighted by Gasteiger charge is -2.26. The number of hydrogen-bond donors (Lipinski definition) is 2. The molecule has 24 heavy (non-hydrogen) atoms. The number of amides is 1. The van der Waals surface area contributed by atoms with Gasteiger partial charge in [0, 0.05) is 25.0 Å². The van der Waals surface area contributed by atoms with Crippen molar-refractivity contribution in [1.82, 2.24) is 10.2 Å². The normalized spacial score (nSPS) is 17.1. The minimum atomic E-state index is -0.154. The molecule has 0 bridgehead atoms. The first-order chi connectivity index (χ1) is 10.6. The minimum absolute atomic E-state index is 0. The molecular weight excluding hydrogens is 345 g/mol. The molecular formula is C18H31Cl2N3O. The molecule has 0 saturated carbocycles. The van der Waals surface area contributed by atoms with Crippen molar-refractivity contribution < 1.29 is 4.79 Å². The average Bonchev–Trinajstić information content (AvgIpc) is 2.54. The van der Waals surface area contributed by atoms with Crippen LogP contribution in [-0.4, -0.2) is 29.9 Å². The van der Waals surface area contributed by atoms with Gasteiger partial charge in [0.05, 0.1) is 0 Å². The number of likely N-dealkylation sites (tertiary alicyclic amines) is 1. The molecule has 0 aromatic heterocycles. The van der Waals surface area contributed by atoms with Gasteiger partial charge in [-0.2, -0.15) is 0 Å². The highest BCUT2D eigenvalue weighted by Gasteiger charge is 2.16. The van der Waals surface area contributed by atoms with Crippen LogP contribution in [0.25, 0.3) is 0 Å². The molecule has 1 aliphatic rings. The molecule has 1 heterocycles. The molecule has 2 atom stereocenters. The Morgan fingerprint density at radius 3 is 2.17 bits per heavy atom. The summed E-state index contributed by atoms with van der Waals surface area (Å²) in [7, 11) is 0. The molecule has 1 fully saturated rings. The van der Waals surface area contributed by atoms with Gasteiger partial charge < -0.3 is 11.1 Å². The molecule has 2 unspecified atom stereocenters. The Labute approximate surface area is 158 Å². The molecule has 0 aliphatic carbocycles. The second-order valence-electron chi connectivity index (χ2n) is 6.52. The number of halogens is 2. The molecule has 1 amide bonds. The highest BCUT2D eigenvalue weighted by molar-refractivity contribution is 5.85. The fourth-order valence-corrected chi connectivity index (χ4v) is 2.73. The van der Waals surface area contributed by atoms with Crippen LogP contribution in [0.2, 0.25) is 0 Å². The third-order valence-electron chi connectivity index (χ3n) is 4.55. The number of hydrogen-bond acceptors (Lipinski definition) is 3. The summed E-state index contributed by atoms with van der Waals surface area (Å²) < 4.78 is 0. The van der Waals surface area contributed by atoms with Gasteiger partial charge >= 0.3 is 0 Å². The maximum Gasteiger partial charge on any atom is 0.224 e. The molecule has 1 aromatic rings. The minimum Gasteiger partial charge on any atom is -0.352 e. The Bertz CT molecular complexity index is 474. The molecule has 3 N–H and O–H groups in total. The SMILES string of the molecule is CC(N)C(C)C(=O)NCc1ccc(CN2CCCCC2)cc1.Cl.Cl. The third kappa shape index (κ3) is 7.39. The highest BCUT2D eigenvalue weighted by Crippen LogP contribution is 2.13. The number of carbonyl (C=O) groups excluding carboxylic acids is 1. The van der Waals surface area contributed by atoms with Gasteiger partial charge in [-0.1, -0.05) is 37.6 Å². The summed E-state index contributed by atoms with van der Waals surface area (Å²) in [5.41, 5.74) is 8.23. The molecule has 1 aliphatic heterocycles. The Hall–Kier alpha value is -0.810. The largest absolute Gasteiger partial charge is 0.352 e. The van der Waals surface area contributed by atoms with E-state index >= 15 is 0 Å². The Morgan fingerprint density at radius 1 is 1.08 bits per heavy atom. The summed E-state index contributed by atoms with van der Waals surface area (Å²) in [5.74, 6) is -0.134. The van der Waals surface area contributed by atoms with Gasteiger partial charge in [0.25, 0.3) is 0 Å². The molecule has 6 heteroatoms. The van der Waals surface area contributed by atoms with E-state index in [0.717, 1.165) is 12.1 Å². The quantitative estimate of drug-likeness (QED) is 0.802. The van der Waals surface area contributed by atoms with Gasteiger partial charge in [-0.3, -0.25) is 9.69 Å². The van der Waals surface area contributed by atoms with Crippen LogP contribution in [0.15, 0.2) is 24.3 Å². The number of rotatable bonds is 6. The van der Waals surface area contributed by atoms with Crippen LogP contribution in [0.5, 0.6) is 0 Å². The standard InChI is InChI=1S/C18H29N3O.2ClH/c1-14(15(2)19)18(22)20-12-16-6-8-17(9-7-16)13-21-10-4-3-5-11-21;;/h6-9,14-15H,3-5,10-13,19H2,1-2H3,(H,20,22);2*1H. The van der Waals surface area contributed by atoms with E-state index in [1.54, 1.807) is 0 Å². The molecule has 138 valence electrons. The lowest BCUT2D eigenvalue weighted by Crippen LogP contribution is -2.38. The van der Waals surface area contributed by atoms with E-state index in [2.05, 4.69) is 34.5 Å². The zero-order valence-electron chi connectivity index (χ0n) is 14.7. The van der Waals surface area contributed by atoms with E-state index in [1.165, 1.54) is 37.9 Å². The van der Waals surface area contributed by atoms with Gasteiger partial charge in [-0.25, -0.2) is 0 Å². The van der Waals surface area contributed by atoms with Crippen molar-refractivity contribution in [3.8, 4) is 0 Å². The van der Waals surface area contributed by atoms with E-state index < -0.39 is 0 Å². The maximum absolute atomic E-state index is 11.9. The van der Waals surface area contributed by atoms with Crippen LogP contribution in [0.3, 0.4) is 0 Å². The monoisotopic (exact) mass is 375 g/mol. The van der Waals surface area contributed by atoms with Crippen molar-refractivity contribution in [3.63, 3.8) is 0 Å². The van der Waals surface area contributed by atoms with Crippen molar-refractivity contribution in [2.45, 2.75) is 52.2 Å². The highest BCUT2D eigenvalue weighted by atomic mass is 35.5. The van der Waals surface area contributed by atoms with E-state index in [0.29, 0.717) is 6.54 Å². The van der Waals surface area contributed by atoms with Gasteiger partial charge in [0.1, 0.15) is 0 Å². The van der Waals surface area contributed by atoms with Crippen LogP contribution in [-0.2, 0) is 17.9 Å². The van der Waals surface area contributed by atoms with Crippen molar-refractivity contribution in [2.75, 3.05) is 13.1 Å². The summed E-state index contributed by atoms with van der Waals surface area (Å²) in [4.78, 5) is 14.4. The summed E-state index contributed by atoms with van der Waals surface area (Å²) in [6.07, 6.45) is 4.01. The lowest BCUT2D eigenvalue weighted by atomic mass is 10.0. The summed E-state index contributed by atoms with van der Waals surface area (Å²) in [5, 5.41) is 2.95. The van der Waals surface area contributed by atoms with Gasteiger partial charge in [-0.15, -0.1) is 24.8 Å². The summed E-state index contributed by atoms with van der Waals surface area (Å²) in [6, 6.07) is 8.44. The zero-order valence-corrected chi connectivity index (χ0v) is 16.3. The van der Waals surface area contributed by atoms with Crippen LogP contribution < -0.4 is 11.1 Å². The Morgan fingerprint density at radius 2 is 1.62 bits per heavy atom. The average molecular weight is 376 g/mol. The number of nitrogens with zero attached hydrogens (tertiary/aromatic N) is 1. The number of nitrogens with two attached hydrogens (primary N) is 1. The third-order valence-corrected chi connectivity index (χ3v) is 4.55. The lowest BCUT2D eigenvalue weighted by molar-refractivity contribution is -0.125. The zero-order chi connectivity index (χ0) is 15.9. The van der Waals surface area contributed by atoms with E-state index in [1.807, 2.05) is 13.8 Å². The number of benzene rings is 1. The molecule has 0 radical (unpaired) electrons. The molecule has 1 saturated heterocycles. The fraction of sp³-hybridized carbons (Fsp3) is 0.611. The maximum atomic E-state index is 11.9. The van der Waals surface area contributed by atoms with Crippen molar-refractivity contribution >= 4 is 30.7 Å². The van der Waals surface area contributed by atoms with Crippen molar-refractivity contribution in [3.05, 3.63) is 35.4 Å². The molecule has 1 aromatic carbocycles. The summed E-state index contributed by atoms with van der Waals surface area (Å²) in [6.45, 7) is 7.76. The number of piperidine rings is 1. The number of carbonyl (C=O) groups is 1. The molecule has 2 rings (SSSR count).